The van der Waals surface area contributed by atoms with Crippen LogP contribution in [0.25, 0.3) is 0 Å². The lowest BCUT2D eigenvalue weighted by molar-refractivity contribution is -0.133. The normalized spacial score (nSPS) is 12.9. The van der Waals surface area contributed by atoms with Crippen LogP contribution in [-0.4, -0.2) is 59.2 Å². The van der Waals surface area contributed by atoms with Crippen molar-refractivity contribution in [1.29, 1.82) is 0 Å². The smallest absolute Gasteiger partial charge is 0.312 e. The molecule has 0 aliphatic heterocycles. The summed E-state index contributed by atoms with van der Waals surface area (Å²) >= 11 is 2.05. The zero-order chi connectivity index (χ0) is 26.8. The lowest BCUT2D eigenvalue weighted by atomic mass is 9.89. The van der Waals surface area contributed by atoms with Gasteiger partial charge >= 0.3 is 6.03 Å². The van der Waals surface area contributed by atoms with E-state index in [0.29, 0.717) is 23.7 Å². The van der Waals surface area contributed by atoms with Gasteiger partial charge in [-0.05, 0) is 31.6 Å². The molecular weight excluding hydrogens is 555 g/mol. The van der Waals surface area contributed by atoms with Crippen molar-refractivity contribution in [3.05, 3.63) is 0 Å². The van der Waals surface area contributed by atoms with E-state index in [2.05, 4.69) is 16.0 Å². The van der Waals surface area contributed by atoms with Gasteiger partial charge in [0.05, 0.1) is 17.0 Å². The predicted octanol–water partition coefficient (Wildman–Crippen LogP) is 1.81. The molecule has 0 aliphatic carbocycles. The first kappa shape index (κ1) is 30.0. The van der Waals surface area contributed by atoms with Gasteiger partial charge in [0.2, 0.25) is 11.8 Å². The molecule has 0 aromatic carbocycles. The highest BCUT2D eigenvalue weighted by molar-refractivity contribution is 14.1. The average molecular weight is 595 g/mol. The van der Waals surface area contributed by atoms with Crippen molar-refractivity contribution >= 4 is 58.3 Å². The monoisotopic (exact) mass is 595 g/mol. The summed E-state index contributed by atoms with van der Waals surface area (Å²) in [5, 5.41) is 7.55. The number of primary amides is 1. The topological polar surface area (TPSA) is 165 Å². The summed E-state index contributed by atoms with van der Waals surface area (Å²) in [5.74, 6) is -1.82. The van der Waals surface area contributed by atoms with Gasteiger partial charge in [-0.3, -0.25) is 19.2 Å². The molecule has 0 radical (unpaired) electrons. The van der Waals surface area contributed by atoms with Gasteiger partial charge in [0.1, 0.15) is 13.4 Å². The number of aldehydes is 1. The molecule has 0 aliphatic rings. The zero-order valence-electron chi connectivity index (χ0n) is 21.1. The number of hydrogen-bond acceptors (Lipinski definition) is 6. The van der Waals surface area contributed by atoms with Crippen LogP contribution in [0.3, 0.4) is 0 Å². The number of unbranched alkanes of at least 4 members (excludes halogenated alkanes) is 3. The van der Waals surface area contributed by atoms with Gasteiger partial charge in [-0.25, -0.2) is 4.79 Å². The number of rotatable bonds is 20. The first-order valence-electron chi connectivity index (χ1n) is 12.2. The fourth-order valence-corrected chi connectivity index (χ4v) is 3.80. The Kier molecular flexibility index (Phi) is 17.0. The highest BCUT2D eigenvalue weighted by atomic mass is 127. The SMILES string of the molecule is [2H]C(=O)CNC(=O)[C@H](CCCNC(N)=O)CC(=O)[C@@H](NC(=O)CCCCCCC(=O)CI)C(C)C. The molecule has 34 heavy (non-hydrogen) atoms. The van der Waals surface area contributed by atoms with E-state index in [1.165, 1.54) is 0 Å². The maximum absolute atomic E-state index is 13.0. The van der Waals surface area contributed by atoms with E-state index in [4.69, 9.17) is 7.10 Å². The number of halogens is 1. The van der Waals surface area contributed by atoms with Crippen LogP contribution in [0.4, 0.5) is 4.79 Å². The van der Waals surface area contributed by atoms with Crippen molar-refractivity contribution in [2.24, 2.45) is 17.6 Å². The Hall–Kier alpha value is -2.05. The first-order chi connectivity index (χ1) is 16.5. The third-order valence-corrected chi connectivity index (χ3v) is 6.12. The average Bonchev–Trinajstić information content (AvgIpc) is 2.79. The standard InChI is InChI=1S/C23H39IN4O6/c1-16(2)21(28-20(32)10-6-4-3-5-9-18(30)15-24)19(31)14-17(22(33)26-12-13-29)8-7-11-27-23(25)34/h13,16-17,21H,3-12,14-15H2,1-2H3,(H,26,33)(H,28,32)(H3,25,27,34)/t17-,21+/m1/s1/i13D. The molecular formula is C23H39IN4O6. The summed E-state index contributed by atoms with van der Waals surface area (Å²) in [6, 6.07) is -1.46. The number of carbonyl (C=O) groups excluding carboxylic acids is 6. The Balaban J connectivity index is 4.83. The fourth-order valence-electron chi connectivity index (χ4n) is 3.42. The predicted molar refractivity (Wildman–Crippen MR) is 137 cm³/mol. The molecule has 0 saturated carbocycles. The molecule has 4 amide bonds. The van der Waals surface area contributed by atoms with Gasteiger partial charge in [0.25, 0.3) is 0 Å². The number of nitrogens with two attached hydrogens (primary N) is 1. The Morgan fingerprint density at radius 3 is 2.21 bits per heavy atom. The van der Waals surface area contributed by atoms with E-state index >= 15 is 0 Å². The van der Waals surface area contributed by atoms with Crippen LogP contribution < -0.4 is 21.7 Å². The molecule has 5 N–H and O–H groups in total. The molecule has 0 saturated heterocycles. The van der Waals surface area contributed by atoms with Crippen molar-refractivity contribution in [1.82, 2.24) is 16.0 Å². The van der Waals surface area contributed by atoms with Gasteiger partial charge in [-0.2, -0.15) is 0 Å². The molecule has 194 valence electrons. The minimum Gasteiger partial charge on any atom is -0.352 e. The van der Waals surface area contributed by atoms with Crippen LogP contribution in [0.5, 0.6) is 0 Å². The highest BCUT2D eigenvalue weighted by Crippen LogP contribution is 2.17. The molecule has 0 rings (SSSR count). The third-order valence-electron chi connectivity index (χ3n) is 5.27. The van der Waals surface area contributed by atoms with Gasteiger partial charge in [-0.15, -0.1) is 0 Å². The first-order valence-corrected chi connectivity index (χ1v) is 13.2. The van der Waals surface area contributed by atoms with Crippen LogP contribution >= 0.6 is 22.6 Å². The number of hydrogen-bond donors (Lipinski definition) is 4. The summed E-state index contributed by atoms with van der Waals surface area (Å²) in [5.41, 5.74) is 5.03. The van der Waals surface area contributed by atoms with E-state index in [1.54, 1.807) is 13.8 Å². The number of ketones is 2. The van der Waals surface area contributed by atoms with E-state index in [-0.39, 0.29) is 49.2 Å². The van der Waals surface area contributed by atoms with E-state index in [9.17, 15) is 28.8 Å². The number of carbonyl (C=O) groups is 6. The molecule has 0 heterocycles. The van der Waals surface area contributed by atoms with Crippen LogP contribution in [0.2, 0.25) is 0 Å². The molecule has 0 fully saturated rings. The van der Waals surface area contributed by atoms with Crippen molar-refractivity contribution in [2.45, 2.75) is 77.7 Å². The van der Waals surface area contributed by atoms with Crippen molar-refractivity contribution in [3.8, 4) is 0 Å². The Bertz CT molecular complexity index is 735. The third kappa shape index (κ3) is 15.7. The molecule has 11 heteroatoms. The van der Waals surface area contributed by atoms with Crippen LogP contribution in [0, 0.1) is 11.8 Å². The maximum atomic E-state index is 13.0. The number of urea groups is 1. The minimum absolute atomic E-state index is 0.150. The lowest BCUT2D eigenvalue weighted by Crippen LogP contribution is -2.46. The quantitative estimate of drug-likeness (QED) is 0.0726. The Labute approximate surface area is 216 Å². The molecule has 0 aromatic rings. The Morgan fingerprint density at radius 1 is 1.00 bits per heavy atom. The largest absolute Gasteiger partial charge is 0.352 e. The van der Waals surface area contributed by atoms with Gasteiger partial charge in [0, 0.05) is 31.7 Å². The molecule has 0 unspecified atom stereocenters. The molecule has 0 bridgehead atoms. The summed E-state index contributed by atoms with van der Waals surface area (Å²) in [6.45, 7) is 3.37. The van der Waals surface area contributed by atoms with Crippen molar-refractivity contribution in [3.63, 3.8) is 0 Å². The summed E-state index contributed by atoms with van der Waals surface area (Å²) in [6.07, 6.45) is 3.50. The van der Waals surface area contributed by atoms with E-state index < -0.39 is 36.7 Å². The van der Waals surface area contributed by atoms with Crippen LogP contribution in [0.1, 0.15) is 73.0 Å². The van der Waals surface area contributed by atoms with E-state index in [0.717, 1.165) is 19.3 Å². The highest BCUT2D eigenvalue weighted by Gasteiger charge is 2.29. The molecule has 0 aromatic heterocycles. The van der Waals surface area contributed by atoms with Gasteiger partial charge in [0.15, 0.2) is 5.78 Å². The number of Topliss-reactive ketones (excluding diaryl/α,β-unsaturated/α-hetero) is 2. The number of nitrogens with one attached hydrogen (secondary N) is 3. The molecule has 0 spiro atoms. The lowest BCUT2D eigenvalue weighted by Gasteiger charge is -2.24. The molecule has 2 atom stereocenters. The van der Waals surface area contributed by atoms with Crippen LogP contribution in [-0.2, 0) is 24.0 Å². The number of alkyl halides is 1. The second-order valence-corrected chi connectivity index (χ2v) is 9.30. The second-order valence-electron chi connectivity index (χ2n) is 8.54. The number of amides is 4. The van der Waals surface area contributed by atoms with Gasteiger partial charge in [-0.1, -0.05) is 49.3 Å². The van der Waals surface area contributed by atoms with Crippen molar-refractivity contribution < 1.29 is 30.1 Å². The second kappa shape index (κ2) is 19.3. The van der Waals surface area contributed by atoms with E-state index in [1.807, 2.05) is 22.6 Å². The summed E-state index contributed by atoms with van der Waals surface area (Å²) in [4.78, 5) is 71.0. The summed E-state index contributed by atoms with van der Waals surface area (Å²) < 4.78 is 7.46. The van der Waals surface area contributed by atoms with Crippen molar-refractivity contribution in [2.75, 3.05) is 17.5 Å². The minimum atomic E-state index is -0.956. The zero-order valence-corrected chi connectivity index (χ0v) is 22.3. The molecule has 10 nitrogen and oxygen atoms in total. The summed E-state index contributed by atoms with van der Waals surface area (Å²) in [7, 11) is 0. The van der Waals surface area contributed by atoms with Gasteiger partial charge < -0.3 is 26.5 Å². The fraction of sp³-hybridized carbons (Fsp3) is 0.739. The van der Waals surface area contributed by atoms with Crippen LogP contribution in [0.15, 0.2) is 0 Å². The Morgan fingerprint density at radius 2 is 1.65 bits per heavy atom. The maximum Gasteiger partial charge on any atom is 0.312 e.